The number of phosphoric ester groups is 1. The normalized spacial score (nSPS) is 14.4. The van der Waals surface area contributed by atoms with Gasteiger partial charge in [-0.1, -0.05) is 283 Å². The van der Waals surface area contributed by atoms with Gasteiger partial charge >= 0.3 is 5.97 Å². The van der Waals surface area contributed by atoms with Crippen molar-refractivity contribution in [1.29, 1.82) is 0 Å². The van der Waals surface area contributed by atoms with Gasteiger partial charge in [-0.25, -0.2) is 0 Å². The molecule has 0 radical (unpaired) electrons. The van der Waals surface area contributed by atoms with Gasteiger partial charge in [-0.2, -0.15) is 0 Å². The third-order valence-electron chi connectivity index (χ3n) is 14.8. The van der Waals surface area contributed by atoms with Gasteiger partial charge in [-0.3, -0.25) is 14.2 Å². The fourth-order valence-corrected chi connectivity index (χ4v) is 10.2. The standard InChI is InChI=1S/C76H131N2O7P/c1-7-10-13-16-19-22-25-28-30-32-34-36-37-38-39-40-41-43-45-47-49-51-54-57-60-63-66-69-76(80)85-74(67-64-61-58-55-52-27-24-21-18-15-12-9-3)73(72-84-86(81,82)83-71-70-78(4,5)6)77-75(79)68-65-62-59-56-53-50-48-46-44-42-35-33-31-29-26-23-20-17-14-11-8-2/h10-11,13-14,19-20,22-23,28-31,34-36,38-39,42,46,48,64,67,73-74H,7-9,12,15-18,21,24-27,32-33,37,40-41,43-45,47,49-63,65-66,68-72H2,1-6H3,(H-,77,79,81,82)/b13-10-,14-11-,22-19-,23-20-,30-28-,31-29-,36-34-,39-38-,42-35-,48-46-,67-64-. The number of nitrogens with zero attached hydrogens (tertiary/aromatic N) is 1. The second-order valence-corrected chi connectivity index (χ2v) is 25.7. The van der Waals surface area contributed by atoms with Gasteiger partial charge in [0, 0.05) is 12.8 Å². The zero-order chi connectivity index (χ0) is 62.8. The molecule has 0 rings (SSSR count). The van der Waals surface area contributed by atoms with Gasteiger partial charge in [0.2, 0.25) is 5.91 Å². The summed E-state index contributed by atoms with van der Waals surface area (Å²) in [6, 6.07) is -0.910. The van der Waals surface area contributed by atoms with E-state index in [1.165, 1.54) is 96.3 Å². The molecule has 0 spiro atoms. The summed E-state index contributed by atoms with van der Waals surface area (Å²) in [6.07, 6.45) is 91.4. The van der Waals surface area contributed by atoms with Gasteiger partial charge < -0.3 is 28.5 Å². The number of phosphoric acid groups is 1. The van der Waals surface area contributed by atoms with Crippen molar-refractivity contribution in [3.63, 3.8) is 0 Å². The van der Waals surface area contributed by atoms with Crippen LogP contribution < -0.4 is 10.2 Å². The highest BCUT2D eigenvalue weighted by Crippen LogP contribution is 2.38. The summed E-state index contributed by atoms with van der Waals surface area (Å²) in [5.41, 5.74) is 0. The number of carbonyl (C=O) groups is 2. The van der Waals surface area contributed by atoms with Crippen LogP contribution in [0.3, 0.4) is 0 Å². The van der Waals surface area contributed by atoms with Gasteiger partial charge in [-0.15, -0.1) is 0 Å². The van der Waals surface area contributed by atoms with E-state index in [-0.39, 0.29) is 31.3 Å². The maximum atomic E-state index is 13.6. The van der Waals surface area contributed by atoms with Gasteiger partial charge in [0.25, 0.3) is 7.82 Å². The number of amides is 1. The zero-order valence-electron chi connectivity index (χ0n) is 56.2. The quantitative estimate of drug-likeness (QED) is 0.0212. The van der Waals surface area contributed by atoms with Crippen molar-refractivity contribution < 1.29 is 37.3 Å². The zero-order valence-corrected chi connectivity index (χ0v) is 57.1. The van der Waals surface area contributed by atoms with Crippen LogP contribution in [0, 0.1) is 0 Å². The summed E-state index contributed by atoms with van der Waals surface area (Å²) in [6.45, 7) is 6.60. The summed E-state index contributed by atoms with van der Waals surface area (Å²) in [5.74, 6) is -0.571. The number of esters is 1. The number of hydrogen-bond donors (Lipinski definition) is 1. The molecule has 1 amide bonds. The van der Waals surface area contributed by atoms with Crippen LogP contribution in [0.2, 0.25) is 0 Å². The van der Waals surface area contributed by atoms with Crippen molar-refractivity contribution >= 4 is 19.7 Å². The highest BCUT2D eigenvalue weighted by atomic mass is 31.2. The molecule has 492 valence electrons. The van der Waals surface area contributed by atoms with Crippen LogP contribution in [-0.4, -0.2) is 69.4 Å². The Hall–Kier alpha value is -3.85. The van der Waals surface area contributed by atoms with Crippen LogP contribution in [0.25, 0.3) is 0 Å². The van der Waals surface area contributed by atoms with Crippen molar-refractivity contribution in [1.82, 2.24) is 5.32 Å². The Balaban J connectivity index is 5.12. The predicted octanol–water partition coefficient (Wildman–Crippen LogP) is 21.8. The number of hydrogen-bond acceptors (Lipinski definition) is 7. The third kappa shape index (κ3) is 64.6. The Bertz CT molecular complexity index is 1930. The fourth-order valence-electron chi connectivity index (χ4n) is 9.52. The Morgan fingerprint density at radius 2 is 0.744 bits per heavy atom. The molecule has 0 aromatic rings. The molecular weight excluding hydrogens is 1080 g/mol. The van der Waals surface area contributed by atoms with Crippen molar-refractivity contribution in [2.45, 2.75) is 296 Å². The van der Waals surface area contributed by atoms with Crippen LogP contribution in [0.15, 0.2) is 134 Å². The number of unbranched alkanes of at least 4 members (excludes halogenated alkanes) is 26. The number of nitrogens with one attached hydrogen (secondary N) is 1. The molecule has 0 aromatic carbocycles. The summed E-state index contributed by atoms with van der Waals surface area (Å²) >= 11 is 0. The van der Waals surface area contributed by atoms with Gasteiger partial charge in [0.15, 0.2) is 0 Å². The van der Waals surface area contributed by atoms with Gasteiger partial charge in [-0.05, 0) is 122 Å². The molecule has 0 saturated heterocycles. The molecule has 0 fully saturated rings. The molecule has 0 heterocycles. The molecule has 1 N–H and O–H groups in total. The molecule has 0 bridgehead atoms. The third-order valence-corrected chi connectivity index (χ3v) is 15.8. The molecule has 86 heavy (non-hydrogen) atoms. The van der Waals surface area contributed by atoms with E-state index in [4.69, 9.17) is 13.8 Å². The van der Waals surface area contributed by atoms with E-state index in [1.54, 1.807) is 0 Å². The first-order valence-electron chi connectivity index (χ1n) is 35.0. The molecule has 0 aliphatic heterocycles. The molecule has 0 aliphatic carbocycles. The number of allylic oxidation sites excluding steroid dienone is 21. The average molecular weight is 1220 g/mol. The highest BCUT2D eigenvalue weighted by molar-refractivity contribution is 7.45. The van der Waals surface area contributed by atoms with Crippen LogP contribution in [0.1, 0.15) is 284 Å². The molecule has 3 atom stereocenters. The molecule has 0 saturated carbocycles. The van der Waals surface area contributed by atoms with Crippen molar-refractivity contribution in [3.8, 4) is 0 Å². The number of likely N-dealkylation sites (N-methyl/N-ethyl adjacent to an activating group) is 1. The Kier molecular flexibility index (Phi) is 61.3. The van der Waals surface area contributed by atoms with Gasteiger partial charge in [0.1, 0.15) is 19.3 Å². The van der Waals surface area contributed by atoms with E-state index < -0.39 is 26.6 Å². The number of rotatable bonds is 62. The Morgan fingerprint density at radius 3 is 1.12 bits per heavy atom. The Morgan fingerprint density at radius 1 is 0.419 bits per heavy atom. The number of ether oxygens (including phenoxy) is 1. The maximum Gasteiger partial charge on any atom is 0.306 e. The molecule has 0 aromatic heterocycles. The van der Waals surface area contributed by atoms with Crippen LogP contribution in [0.5, 0.6) is 0 Å². The van der Waals surface area contributed by atoms with Crippen molar-refractivity contribution in [3.05, 3.63) is 134 Å². The maximum absolute atomic E-state index is 13.6. The minimum Gasteiger partial charge on any atom is -0.756 e. The molecule has 3 unspecified atom stereocenters. The van der Waals surface area contributed by atoms with E-state index in [9.17, 15) is 19.0 Å². The van der Waals surface area contributed by atoms with Crippen molar-refractivity contribution in [2.24, 2.45) is 0 Å². The number of carbonyl (C=O) groups excluding carboxylic acids is 2. The monoisotopic (exact) mass is 1210 g/mol. The lowest BCUT2D eigenvalue weighted by molar-refractivity contribution is -0.870. The minimum absolute atomic E-state index is 0.0335. The first-order valence-corrected chi connectivity index (χ1v) is 36.5. The predicted molar refractivity (Wildman–Crippen MR) is 371 cm³/mol. The van der Waals surface area contributed by atoms with Crippen LogP contribution >= 0.6 is 7.82 Å². The second kappa shape index (κ2) is 64.1. The molecule has 10 heteroatoms. The summed E-state index contributed by atoms with van der Waals surface area (Å²) in [5, 5.41) is 3.03. The fraction of sp³-hybridized carbons (Fsp3) is 0.684. The van der Waals surface area contributed by atoms with E-state index >= 15 is 0 Å². The molecule has 0 aliphatic rings. The second-order valence-electron chi connectivity index (χ2n) is 24.3. The number of quaternary nitrogens is 1. The topological polar surface area (TPSA) is 114 Å². The largest absolute Gasteiger partial charge is 0.756 e. The van der Waals surface area contributed by atoms with Crippen molar-refractivity contribution in [2.75, 3.05) is 40.9 Å². The van der Waals surface area contributed by atoms with Crippen LogP contribution in [-0.2, 0) is 27.9 Å². The minimum atomic E-state index is -4.72. The summed E-state index contributed by atoms with van der Waals surface area (Å²) in [7, 11) is 1.15. The SMILES string of the molecule is CC/C=C\C/C=C\C/C=C\C/C=C\C/C=C\CCCCCCCCCCCCCC(=O)OC(/C=C\CCCCCCCCCCCC)C(COP(=O)([O-])OCC[N+](C)(C)C)NC(=O)CCCCCCC/C=C\C/C=C\C/C=C\C/C=C\C/C=C\CC. The molecular formula is C76H131N2O7P. The first kappa shape index (κ1) is 82.1. The summed E-state index contributed by atoms with van der Waals surface area (Å²) < 4.78 is 30.4. The summed E-state index contributed by atoms with van der Waals surface area (Å²) in [4.78, 5) is 40.2. The Labute approximate surface area is 530 Å². The first-order chi connectivity index (χ1) is 41.9. The average Bonchev–Trinajstić information content (AvgIpc) is 3.65. The highest BCUT2D eigenvalue weighted by Gasteiger charge is 2.27. The lowest BCUT2D eigenvalue weighted by Gasteiger charge is -2.30. The molecule has 9 nitrogen and oxygen atoms in total. The lowest BCUT2D eigenvalue weighted by Crippen LogP contribution is -2.47. The van der Waals surface area contributed by atoms with Gasteiger partial charge in [0.05, 0.1) is 33.8 Å². The van der Waals surface area contributed by atoms with E-state index in [0.29, 0.717) is 17.4 Å². The smallest absolute Gasteiger partial charge is 0.306 e. The van der Waals surface area contributed by atoms with E-state index in [1.807, 2.05) is 33.3 Å². The van der Waals surface area contributed by atoms with E-state index in [2.05, 4.69) is 148 Å². The van der Waals surface area contributed by atoms with Crippen LogP contribution in [0.4, 0.5) is 0 Å². The lowest BCUT2D eigenvalue weighted by atomic mass is 10.0. The van der Waals surface area contributed by atoms with E-state index in [0.717, 1.165) is 148 Å².